The molecule has 0 spiro atoms. The average Bonchev–Trinajstić information content (AvgIpc) is 2.78. The highest BCUT2D eigenvalue weighted by molar-refractivity contribution is 5.94. The minimum atomic E-state index is -1.02. The van der Waals surface area contributed by atoms with Gasteiger partial charge in [-0.3, -0.25) is 9.78 Å². The van der Waals surface area contributed by atoms with Crippen molar-refractivity contribution in [3.63, 3.8) is 0 Å². The van der Waals surface area contributed by atoms with Crippen LogP contribution in [0, 0.1) is 0 Å². The third-order valence-electron chi connectivity index (χ3n) is 4.14. The summed E-state index contributed by atoms with van der Waals surface area (Å²) in [6.07, 6.45) is 3.58. The Morgan fingerprint density at radius 2 is 1.87 bits per heavy atom. The number of methoxy groups -OCH3 is 1. The van der Waals surface area contributed by atoms with Crippen molar-refractivity contribution in [3.05, 3.63) is 78.2 Å². The van der Waals surface area contributed by atoms with Gasteiger partial charge in [-0.25, -0.2) is 9.78 Å². The highest BCUT2D eigenvalue weighted by Crippen LogP contribution is 2.23. The zero-order chi connectivity index (χ0) is 21.3. The number of pyridine rings is 2. The number of ether oxygens (including phenoxy) is 3. The van der Waals surface area contributed by atoms with Crippen LogP contribution in [0.5, 0.6) is 17.4 Å². The molecule has 0 aliphatic carbocycles. The van der Waals surface area contributed by atoms with Crippen molar-refractivity contribution in [2.24, 2.45) is 0 Å². The average molecular weight is 407 g/mol. The molecule has 1 unspecified atom stereocenters. The van der Waals surface area contributed by atoms with Crippen LogP contribution in [0.4, 0.5) is 0 Å². The first-order chi connectivity index (χ1) is 14.6. The second-order valence-corrected chi connectivity index (χ2v) is 6.22. The van der Waals surface area contributed by atoms with Crippen molar-refractivity contribution < 1.29 is 23.8 Å². The number of rotatable bonds is 8. The Balaban J connectivity index is 1.62. The minimum Gasteiger partial charge on any atom is -0.496 e. The van der Waals surface area contributed by atoms with Crippen LogP contribution in [0.15, 0.2) is 67.1 Å². The largest absolute Gasteiger partial charge is 0.496 e. The lowest BCUT2D eigenvalue weighted by atomic mass is 10.2. The van der Waals surface area contributed by atoms with Gasteiger partial charge in [0.15, 0.2) is 6.10 Å². The molecular weight excluding hydrogens is 386 g/mol. The molecule has 0 saturated heterocycles. The molecule has 1 N–H and O–H groups in total. The van der Waals surface area contributed by atoms with Crippen molar-refractivity contribution in [2.75, 3.05) is 7.11 Å². The molecule has 1 amide bonds. The number of amides is 1. The smallest absolute Gasteiger partial charge is 0.344 e. The Morgan fingerprint density at radius 3 is 2.63 bits per heavy atom. The molecule has 3 aromatic rings. The van der Waals surface area contributed by atoms with E-state index in [9.17, 15) is 9.59 Å². The topological polar surface area (TPSA) is 99.6 Å². The summed E-state index contributed by atoms with van der Waals surface area (Å²) in [5.41, 5.74) is 0.914. The molecule has 2 aromatic heterocycles. The zero-order valence-corrected chi connectivity index (χ0v) is 16.6. The van der Waals surface area contributed by atoms with Crippen LogP contribution >= 0.6 is 0 Å². The van der Waals surface area contributed by atoms with E-state index < -0.39 is 18.0 Å². The lowest BCUT2D eigenvalue weighted by Gasteiger charge is -2.15. The minimum absolute atomic E-state index is 0.0668. The summed E-state index contributed by atoms with van der Waals surface area (Å²) in [6.45, 7) is 1.74. The Kier molecular flexibility index (Phi) is 6.94. The molecule has 8 heteroatoms. The van der Waals surface area contributed by atoms with E-state index in [1.165, 1.54) is 25.4 Å². The summed E-state index contributed by atoms with van der Waals surface area (Å²) >= 11 is 0. The predicted molar refractivity (Wildman–Crippen MR) is 108 cm³/mol. The molecule has 1 atom stereocenters. The SMILES string of the molecule is COc1ccccc1CNC(=O)C(C)OC(=O)c1cccnc1Oc1cccnc1. The van der Waals surface area contributed by atoms with Gasteiger partial charge in [0.25, 0.3) is 5.91 Å². The highest BCUT2D eigenvalue weighted by Gasteiger charge is 2.22. The number of benzene rings is 1. The molecule has 154 valence electrons. The first-order valence-electron chi connectivity index (χ1n) is 9.22. The number of carbonyl (C=O) groups is 2. The van der Waals surface area contributed by atoms with E-state index in [0.29, 0.717) is 11.5 Å². The monoisotopic (exact) mass is 407 g/mol. The van der Waals surface area contributed by atoms with Crippen molar-refractivity contribution in [1.82, 2.24) is 15.3 Å². The van der Waals surface area contributed by atoms with Gasteiger partial charge in [0, 0.05) is 24.5 Å². The maximum atomic E-state index is 12.6. The van der Waals surface area contributed by atoms with Gasteiger partial charge in [0.1, 0.15) is 17.1 Å². The number of nitrogens with zero attached hydrogens (tertiary/aromatic N) is 2. The number of hydrogen-bond donors (Lipinski definition) is 1. The normalized spacial score (nSPS) is 11.3. The fourth-order valence-electron chi connectivity index (χ4n) is 2.60. The Hall–Kier alpha value is -3.94. The molecule has 8 nitrogen and oxygen atoms in total. The van der Waals surface area contributed by atoms with Crippen molar-refractivity contribution in [1.29, 1.82) is 0 Å². The first kappa shape index (κ1) is 20.8. The molecule has 1 aromatic carbocycles. The fourth-order valence-corrected chi connectivity index (χ4v) is 2.60. The van der Waals surface area contributed by atoms with Gasteiger partial charge >= 0.3 is 5.97 Å². The van der Waals surface area contributed by atoms with Crippen molar-refractivity contribution in [3.8, 4) is 17.4 Å². The maximum absolute atomic E-state index is 12.6. The van der Waals surface area contributed by atoms with Crippen LogP contribution in [0.3, 0.4) is 0 Å². The summed E-state index contributed by atoms with van der Waals surface area (Å²) in [6, 6.07) is 13.8. The molecule has 0 radical (unpaired) electrons. The van der Waals surface area contributed by atoms with Gasteiger partial charge in [0.05, 0.1) is 13.3 Å². The number of hydrogen-bond acceptors (Lipinski definition) is 7. The molecule has 0 aliphatic rings. The van der Waals surface area contributed by atoms with E-state index in [0.717, 1.165) is 5.56 Å². The summed E-state index contributed by atoms with van der Waals surface area (Å²) in [5.74, 6) is -0.00483. The van der Waals surface area contributed by atoms with Crippen LogP contribution in [-0.4, -0.2) is 35.1 Å². The molecule has 30 heavy (non-hydrogen) atoms. The van der Waals surface area contributed by atoms with Gasteiger partial charge in [-0.15, -0.1) is 0 Å². The van der Waals surface area contributed by atoms with Crippen LogP contribution in [0.1, 0.15) is 22.8 Å². The molecule has 0 saturated carbocycles. The summed E-state index contributed by atoms with van der Waals surface area (Å²) in [5, 5.41) is 2.73. The summed E-state index contributed by atoms with van der Waals surface area (Å²) < 4.78 is 16.2. The lowest BCUT2D eigenvalue weighted by Crippen LogP contribution is -2.35. The van der Waals surface area contributed by atoms with Gasteiger partial charge in [-0.1, -0.05) is 18.2 Å². The van der Waals surface area contributed by atoms with Crippen LogP contribution in [-0.2, 0) is 16.1 Å². The molecule has 2 heterocycles. The number of para-hydroxylation sites is 1. The molecular formula is C22H21N3O5. The second kappa shape index (κ2) is 10.0. The van der Waals surface area contributed by atoms with E-state index in [1.807, 2.05) is 18.2 Å². The Bertz CT molecular complexity index is 1010. The second-order valence-electron chi connectivity index (χ2n) is 6.22. The third-order valence-corrected chi connectivity index (χ3v) is 4.14. The molecule has 3 rings (SSSR count). The van der Waals surface area contributed by atoms with E-state index in [1.54, 1.807) is 37.6 Å². The standard InChI is InChI=1S/C22H21N3O5/c1-15(20(26)25-13-16-7-3-4-10-19(16)28-2)29-22(27)18-9-6-12-24-21(18)30-17-8-5-11-23-14-17/h3-12,14-15H,13H2,1-2H3,(H,25,26). The van der Waals surface area contributed by atoms with Crippen molar-refractivity contribution >= 4 is 11.9 Å². The highest BCUT2D eigenvalue weighted by atomic mass is 16.6. The number of nitrogens with one attached hydrogen (secondary N) is 1. The van der Waals surface area contributed by atoms with E-state index in [4.69, 9.17) is 14.2 Å². The van der Waals surface area contributed by atoms with E-state index in [2.05, 4.69) is 15.3 Å². The van der Waals surface area contributed by atoms with Crippen LogP contribution in [0.25, 0.3) is 0 Å². The summed E-state index contributed by atoms with van der Waals surface area (Å²) in [7, 11) is 1.56. The quantitative estimate of drug-likeness (QED) is 0.573. The van der Waals surface area contributed by atoms with Gasteiger partial charge in [0.2, 0.25) is 5.88 Å². The van der Waals surface area contributed by atoms with Crippen molar-refractivity contribution in [2.45, 2.75) is 19.6 Å². The van der Waals surface area contributed by atoms with Gasteiger partial charge in [-0.05, 0) is 37.3 Å². The zero-order valence-electron chi connectivity index (χ0n) is 16.6. The Labute approximate surface area is 173 Å². The summed E-state index contributed by atoms with van der Waals surface area (Å²) in [4.78, 5) is 33.0. The Morgan fingerprint density at radius 1 is 1.07 bits per heavy atom. The number of aromatic nitrogens is 2. The number of carbonyl (C=O) groups excluding carboxylic acids is 2. The molecule has 0 bridgehead atoms. The van der Waals surface area contributed by atoms with Gasteiger partial charge in [-0.2, -0.15) is 0 Å². The first-order valence-corrected chi connectivity index (χ1v) is 9.22. The molecule has 0 aliphatic heterocycles. The lowest BCUT2D eigenvalue weighted by molar-refractivity contribution is -0.129. The van der Waals surface area contributed by atoms with Crippen LogP contribution < -0.4 is 14.8 Å². The fraction of sp³-hybridized carbons (Fsp3) is 0.182. The maximum Gasteiger partial charge on any atom is 0.344 e. The third kappa shape index (κ3) is 5.32. The van der Waals surface area contributed by atoms with Gasteiger partial charge < -0.3 is 19.5 Å². The van der Waals surface area contributed by atoms with E-state index in [-0.39, 0.29) is 18.0 Å². The molecule has 0 fully saturated rings. The predicted octanol–water partition coefficient (Wildman–Crippen LogP) is 3.14. The van der Waals surface area contributed by atoms with Crippen LogP contribution in [0.2, 0.25) is 0 Å². The van der Waals surface area contributed by atoms with E-state index >= 15 is 0 Å². The number of esters is 1.